The number of carboxylic acids is 1. The van der Waals surface area contributed by atoms with Gasteiger partial charge in [-0.15, -0.1) is 0 Å². The zero-order valence-corrected chi connectivity index (χ0v) is 8.25. The van der Waals surface area contributed by atoms with Gasteiger partial charge in [-0.05, 0) is 12.5 Å². The molecule has 0 aromatic heterocycles. The number of benzene rings is 1. The smallest absolute Gasteiger partial charge is 0.417 e. The molecule has 0 radical (unpaired) electrons. The quantitative estimate of drug-likeness (QED) is 0.824. The Balaban J connectivity index is 3.40. The van der Waals surface area contributed by atoms with E-state index in [2.05, 4.69) is 0 Å². The molecular formula is C10H9F3O3. The normalized spacial score (nSPS) is 13.6. The third kappa shape index (κ3) is 2.33. The number of aliphatic carboxylic acids is 1. The first-order valence-corrected chi connectivity index (χ1v) is 4.32. The molecule has 1 rings (SSSR count). The molecular weight excluding hydrogens is 225 g/mol. The number of aliphatic hydroxyl groups excluding tert-OH is 1. The lowest BCUT2D eigenvalue weighted by molar-refractivity contribution is -0.149. The number of halogens is 3. The maximum atomic E-state index is 12.6. The predicted octanol–water partition coefficient (Wildman–Crippen LogP) is 2.13. The lowest BCUT2D eigenvalue weighted by Crippen LogP contribution is -2.18. The predicted molar refractivity (Wildman–Crippen MR) is 48.8 cm³/mol. The average Bonchev–Trinajstić information content (AvgIpc) is 2.14. The highest BCUT2D eigenvalue weighted by Gasteiger charge is 2.37. The van der Waals surface area contributed by atoms with E-state index in [4.69, 9.17) is 10.2 Å². The van der Waals surface area contributed by atoms with Gasteiger partial charge in [-0.2, -0.15) is 13.2 Å². The molecule has 6 heteroatoms. The summed E-state index contributed by atoms with van der Waals surface area (Å²) in [7, 11) is 0. The number of aryl methyl sites for hydroxylation is 1. The summed E-state index contributed by atoms with van der Waals surface area (Å²) in [5.74, 6) is -1.71. The summed E-state index contributed by atoms with van der Waals surface area (Å²) in [5, 5.41) is 17.7. The first kappa shape index (κ1) is 12.5. The lowest BCUT2D eigenvalue weighted by Gasteiger charge is -2.17. The Morgan fingerprint density at radius 1 is 1.38 bits per heavy atom. The average molecular weight is 234 g/mol. The Hall–Kier alpha value is -1.56. The van der Waals surface area contributed by atoms with Gasteiger partial charge in [0.25, 0.3) is 0 Å². The fraction of sp³-hybridized carbons (Fsp3) is 0.300. The van der Waals surface area contributed by atoms with E-state index in [1.807, 2.05) is 0 Å². The molecule has 0 saturated heterocycles. The number of carboxylic acid groups (broad SMARTS) is 1. The molecule has 0 aliphatic rings. The number of hydrogen-bond acceptors (Lipinski definition) is 2. The van der Waals surface area contributed by atoms with Gasteiger partial charge in [-0.1, -0.05) is 18.2 Å². The maximum absolute atomic E-state index is 12.6. The van der Waals surface area contributed by atoms with Crippen LogP contribution in [0.3, 0.4) is 0 Å². The van der Waals surface area contributed by atoms with E-state index >= 15 is 0 Å². The van der Waals surface area contributed by atoms with E-state index in [9.17, 15) is 18.0 Å². The van der Waals surface area contributed by atoms with E-state index in [0.29, 0.717) is 0 Å². The highest BCUT2D eigenvalue weighted by Crippen LogP contribution is 2.36. The van der Waals surface area contributed by atoms with Crippen molar-refractivity contribution in [2.75, 3.05) is 0 Å². The largest absolute Gasteiger partial charge is 0.479 e. The van der Waals surface area contributed by atoms with E-state index in [1.165, 1.54) is 19.1 Å². The number of aliphatic hydroxyl groups is 1. The number of hydrogen-bond donors (Lipinski definition) is 2. The van der Waals surface area contributed by atoms with Crippen LogP contribution in [0.15, 0.2) is 18.2 Å². The van der Waals surface area contributed by atoms with Crippen molar-refractivity contribution in [1.82, 2.24) is 0 Å². The third-order valence-corrected chi connectivity index (χ3v) is 2.12. The summed E-state index contributed by atoms with van der Waals surface area (Å²) in [6.45, 7) is 1.21. The van der Waals surface area contributed by atoms with Crippen LogP contribution >= 0.6 is 0 Å². The van der Waals surface area contributed by atoms with E-state index in [1.54, 1.807) is 0 Å². The third-order valence-electron chi connectivity index (χ3n) is 2.12. The topological polar surface area (TPSA) is 57.5 Å². The highest BCUT2D eigenvalue weighted by atomic mass is 19.4. The van der Waals surface area contributed by atoms with Crippen LogP contribution < -0.4 is 0 Å². The monoisotopic (exact) mass is 234 g/mol. The van der Waals surface area contributed by atoms with Crippen LogP contribution in [-0.4, -0.2) is 16.2 Å². The first-order valence-electron chi connectivity index (χ1n) is 4.32. The second kappa shape index (κ2) is 4.13. The highest BCUT2D eigenvalue weighted by molar-refractivity contribution is 5.75. The Morgan fingerprint density at radius 2 is 1.94 bits per heavy atom. The molecule has 3 nitrogen and oxygen atoms in total. The van der Waals surface area contributed by atoms with Crippen molar-refractivity contribution in [1.29, 1.82) is 0 Å². The van der Waals surface area contributed by atoms with Gasteiger partial charge in [0, 0.05) is 5.56 Å². The number of alkyl halides is 3. The van der Waals surface area contributed by atoms with Gasteiger partial charge in [-0.25, -0.2) is 4.79 Å². The Morgan fingerprint density at radius 3 is 2.38 bits per heavy atom. The molecule has 1 unspecified atom stereocenters. The first-order chi connectivity index (χ1) is 7.25. The molecule has 0 fully saturated rings. The van der Waals surface area contributed by atoms with Crippen LogP contribution in [0.4, 0.5) is 13.2 Å². The molecule has 2 N–H and O–H groups in total. The molecule has 1 aromatic rings. The van der Waals surface area contributed by atoms with E-state index in [-0.39, 0.29) is 5.56 Å². The van der Waals surface area contributed by atoms with Gasteiger partial charge >= 0.3 is 12.1 Å². The minimum absolute atomic E-state index is 0.120. The Bertz CT molecular complexity index is 412. The van der Waals surface area contributed by atoms with Crippen LogP contribution in [0, 0.1) is 6.92 Å². The van der Waals surface area contributed by atoms with Gasteiger partial charge in [-0.3, -0.25) is 0 Å². The van der Waals surface area contributed by atoms with Crippen LogP contribution in [0.5, 0.6) is 0 Å². The van der Waals surface area contributed by atoms with E-state index < -0.39 is 29.4 Å². The molecule has 0 heterocycles. The molecule has 0 amide bonds. The zero-order valence-electron chi connectivity index (χ0n) is 8.25. The Kier molecular flexibility index (Phi) is 3.23. The van der Waals surface area contributed by atoms with Crippen molar-refractivity contribution in [3.05, 3.63) is 34.9 Å². The van der Waals surface area contributed by atoms with Crippen LogP contribution in [0.25, 0.3) is 0 Å². The molecule has 1 atom stereocenters. The molecule has 0 saturated carbocycles. The molecule has 1 aromatic carbocycles. The van der Waals surface area contributed by atoms with Crippen LogP contribution in [0.2, 0.25) is 0 Å². The van der Waals surface area contributed by atoms with Crippen LogP contribution in [0.1, 0.15) is 22.8 Å². The van der Waals surface area contributed by atoms with E-state index in [0.717, 1.165) is 6.07 Å². The summed E-state index contributed by atoms with van der Waals surface area (Å²) < 4.78 is 37.9. The minimum Gasteiger partial charge on any atom is -0.479 e. The summed E-state index contributed by atoms with van der Waals surface area (Å²) >= 11 is 0. The van der Waals surface area contributed by atoms with Gasteiger partial charge in [0.2, 0.25) is 0 Å². The molecule has 88 valence electrons. The van der Waals surface area contributed by atoms with Crippen molar-refractivity contribution < 1.29 is 28.2 Å². The maximum Gasteiger partial charge on any atom is 0.417 e. The SMILES string of the molecule is Cc1cccc(C(O)C(=O)O)c1C(F)(F)F. The molecule has 0 bridgehead atoms. The number of rotatable bonds is 2. The fourth-order valence-corrected chi connectivity index (χ4v) is 1.44. The second-order valence-corrected chi connectivity index (χ2v) is 3.28. The fourth-order valence-electron chi connectivity index (χ4n) is 1.44. The second-order valence-electron chi connectivity index (χ2n) is 3.28. The van der Waals surface area contributed by atoms with Crippen molar-refractivity contribution in [3.8, 4) is 0 Å². The molecule has 0 aliphatic heterocycles. The van der Waals surface area contributed by atoms with Gasteiger partial charge in [0.1, 0.15) is 0 Å². The minimum atomic E-state index is -4.68. The van der Waals surface area contributed by atoms with Crippen molar-refractivity contribution in [2.45, 2.75) is 19.2 Å². The summed E-state index contributed by atoms with van der Waals surface area (Å²) in [5.41, 5.74) is -1.85. The van der Waals surface area contributed by atoms with Crippen LogP contribution in [-0.2, 0) is 11.0 Å². The lowest BCUT2D eigenvalue weighted by atomic mass is 9.97. The zero-order chi connectivity index (χ0) is 12.5. The standard InChI is InChI=1S/C10H9F3O3/c1-5-3-2-4-6(8(14)9(15)16)7(5)10(11,12)13/h2-4,8,14H,1H3,(H,15,16). The van der Waals surface area contributed by atoms with Crippen molar-refractivity contribution >= 4 is 5.97 Å². The number of carbonyl (C=O) groups is 1. The summed E-state index contributed by atoms with van der Waals surface area (Å²) in [6.07, 6.45) is -6.85. The molecule has 16 heavy (non-hydrogen) atoms. The molecule has 0 spiro atoms. The summed E-state index contributed by atoms with van der Waals surface area (Å²) in [6, 6.07) is 3.43. The summed E-state index contributed by atoms with van der Waals surface area (Å²) in [4.78, 5) is 10.5. The van der Waals surface area contributed by atoms with Gasteiger partial charge in [0.05, 0.1) is 5.56 Å². The van der Waals surface area contributed by atoms with Crippen molar-refractivity contribution in [2.24, 2.45) is 0 Å². The van der Waals surface area contributed by atoms with Gasteiger partial charge < -0.3 is 10.2 Å². The van der Waals surface area contributed by atoms with Gasteiger partial charge in [0.15, 0.2) is 6.10 Å². The van der Waals surface area contributed by atoms with Crippen molar-refractivity contribution in [3.63, 3.8) is 0 Å². The molecule has 0 aliphatic carbocycles. The Labute approximate surface area is 89.1 Å².